The Labute approximate surface area is 166 Å². The molecule has 0 bridgehead atoms. The van der Waals surface area contributed by atoms with E-state index >= 15 is 0 Å². The van der Waals surface area contributed by atoms with E-state index in [0.717, 1.165) is 0 Å². The number of hydrogen-bond acceptors (Lipinski definition) is 5. The predicted octanol–water partition coefficient (Wildman–Crippen LogP) is 3.59. The van der Waals surface area contributed by atoms with E-state index in [1.54, 1.807) is 19.9 Å². The summed E-state index contributed by atoms with van der Waals surface area (Å²) < 4.78 is 55.4. The molecule has 0 saturated heterocycles. The van der Waals surface area contributed by atoms with Crippen LogP contribution in [0.1, 0.15) is 35.9 Å². The molecule has 1 aromatic carbocycles. The molecule has 29 heavy (non-hydrogen) atoms. The number of furan rings is 1. The van der Waals surface area contributed by atoms with Gasteiger partial charge in [-0.1, -0.05) is 0 Å². The molecular weight excluding hydrogens is 391 g/mol. The maximum absolute atomic E-state index is 13.1. The highest BCUT2D eigenvalue weighted by molar-refractivity contribution is 6.07. The Bertz CT molecular complexity index is 903. The number of alkyl halides is 3. The number of nitrogens with one attached hydrogen (secondary N) is 1. The van der Waals surface area contributed by atoms with Gasteiger partial charge in [-0.05, 0) is 44.9 Å². The molecule has 0 radical (unpaired) electrons. The minimum atomic E-state index is -4.30. The first-order chi connectivity index (χ1) is 13.5. The van der Waals surface area contributed by atoms with E-state index in [1.807, 2.05) is 0 Å². The molecule has 1 amide bonds. The Balaban J connectivity index is 1.84. The van der Waals surface area contributed by atoms with E-state index < -0.39 is 29.6 Å². The lowest BCUT2D eigenvalue weighted by molar-refractivity contribution is -0.194. The van der Waals surface area contributed by atoms with Gasteiger partial charge >= 0.3 is 6.18 Å². The lowest BCUT2D eigenvalue weighted by atomic mass is 10.0. The van der Waals surface area contributed by atoms with E-state index in [0.29, 0.717) is 16.7 Å². The summed E-state index contributed by atoms with van der Waals surface area (Å²) in [7, 11) is 1.45. The Hall–Kier alpha value is -2.26. The maximum atomic E-state index is 13.1. The monoisotopic (exact) mass is 415 g/mol. The minimum Gasteiger partial charge on any atom is -0.493 e. The average Bonchev–Trinajstić information content (AvgIpc) is 3.36. The van der Waals surface area contributed by atoms with E-state index in [2.05, 4.69) is 5.32 Å². The Kier molecular flexibility index (Phi) is 5.57. The maximum Gasteiger partial charge on any atom is 0.397 e. The van der Waals surface area contributed by atoms with Crippen LogP contribution in [0.2, 0.25) is 0 Å². The van der Waals surface area contributed by atoms with Crippen molar-refractivity contribution in [2.45, 2.75) is 38.4 Å². The first-order valence-corrected chi connectivity index (χ1v) is 9.19. The quantitative estimate of drug-likeness (QED) is 0.689. The molecule has 6 nitrogen and oxygen atoms in total. The zero-order chi connectivity index (χ0) is 21.4. The van der Waals surface area contributed by atoms with Crippen LogP contribution >= 0.6 is 0 Å². The Morgan fingerprint density at radius 3 is 2.59 bits per heavy atom. The van der Waals surface area contributed by atoms with Crippen LogP contribution in [0.25, 0.3) is 11.0 Å². The topological polar surface area (TPSA) is 80.9 Å². The van der Waals surface area contributed by atoms with Crippen molar-refractivity contribution in [1.29, 1.82) is 0 Å². The molecule has 1 unspecified atom stereocenters. The highest BCUT2D eigenvalue weighted by Crippen LogP contribution is 2.57. The van der Waals surface area contributed by atoms with Gasteiger partial charge in [0.25, 0.3) is 5.91 Å². The highest BCUT2D eigenvalue weighted by atomic mass is 19.4. The smallest absolute Gasteiger partial charge is 0.397 e. The van der Waals surface area contributed by atoms with Crippen molar-refractivity contribution in [2.75, 3.05) is 26.9 Å². The molecule has 1 aliphatic rings. The second kappa shape index (κ2) is 7.53. The molecular formula is C20H24F3NO5. The molecule has 2 aromatic rings. The third-order valence-electron chi connectivity index (χ3n) is 5.26. The summed E-state index contributed by atoms with van der Waals surface area (Å²) in [6, 6.07) is 4.57. The molecule has 9 heteroatoms. The number of benzene rings is 1. The third kappa shape index (κ3) is 4.20. The zero-order valence-electron chi connectivity index (χ0n) is 16.5. The summed E-state index contributed by atoms with van der Waals surface area (Å²) >= 11 is 0. The molecule has 1 heterocycles. The molecule has 0 spiro atoms. The van der Waals surface area contributed by atoms with Gasteiger partial charge in [0.2, 0.25) is 0 Å². The van der Waals surface area contributed by atoms with Crippen molar-refractivity contribution in [3.8, 4) is 5.75 Å². The summed E-state index contributed by atoms with van der Waals surface area (Å²) in [5.74, 6) is 0.0898. The van der Waals surface area contributed by atoms with Crippen molar-refractivity contribution >= 4 is 16.9 Å². The van der Waals surface area contributed by atoms with Crippen molar-refractivity contribution in [2.24, 2.45) is 5.41 Å². The van der Waals surface area contributed by atoms with Gasteiger partial charge < -0.3 is 24.3 Å². The normalized spacial score (nSPS) is 17.8. The Morgan fingerprint density at radius 1 is 1.34 bits per heavy atom. The molecule has 1 aromatic heterocycles. The number of carbonyl (C=O) groups excluding carboxylic acids is 1. The molecule has 1 atom stereocenters. The number of halogens is 3. The number of hydrogen-bond donors (Lipinski definition) is 2. The Morgan fingerprint density at radius 2 is 2.03 bits per heavy atom. The van der Waals surface area contributed by atoms with Crippen molar-refractivity contribution in [1.82, 2.24) is 5.32 Å². The van der Waals surface area contributed by atoms with E-state index in [4.69, 9.17) is 13.9 Å². The van der Waals surface area contributed by atoms with Crippen LogP contribution in [0.3, 0.4) is 0 Å². The molecule has 1 saturated carbocycles. The first-order valence-electron chi connectivity index (χ1n) is 9.19. The number of aliphatic hydroxyl groups excluding tert-OH is 1. The van der Waals surface area contributed by atoms with Gasteiger partial charge in [-0.15, -0.1) is 0 Å². The number of fused-ring (bicyclic) bond motifs is 1. The van der Waals surface area contributed by atoms with Crippen molar-refractivity contribution in [3.05, 3.63) is 29.5 Å². The molecule has 2 N–H and O–H groups in total. The van der Waals surface area contributed by atoms with E-state index in [9.17, 15) is 23.1 Å². The molecule has 0 aliphatic heterocycles. The van der Waals surface area contributed by atoms with E-state index in [1.165, 1.54) is 19.2 Å². The van der Waals surface area contributed by atoms with Crippen LogP contribution in [-0.2, 0) is 4.74 Å². The van der Waals surface area contributed by atoms with Crippen LogP contribution in [-0.4, -0.2) is 49.7 Å². The average molecular weight is 415 g/mol. The number of rotatable bonds is 8. The van der Waals surface area contributed by atoms with Crippen LogP contribution < -0.4 is 10.1 Å². The van der Waals surface area contributed by atoms with Crippen LogP contribution in [0.4, 0.5) is 13.2 Å². The van der Waals surface area contributed by atoms with Gasteiger partial charge in [0.1, 0.15) is 29.1 Å². The lowest BCUT2D eigenvalue weighted by Gasteiger charge is -2.27. The van der Waals surface area contributed by atoms with Gasteiger partial charge in [0.05, 0.1) is 24.3 Å². The summed E-state index contributed by atoms with van der Waals surface area (Å²) in [5.41, 5.74) is -2.13. The molecule has 3 rings (SSSR count). The largest absolute Gasteiger partial charge is 0.493 e. The summed E-state index contributed by atoms with van der Waals surface area (Å²) in [6.07, 6.45) is -4.20. The van der Waals surface area contributed by atoms with Gasteiger partial charge in [0.15, 0.2) is 0 Å². The summed E-state index contributed by atoms with van der Waals surface area (Å²) in [5, 5.41) is 12.7. The van der Waals surface area contributed by atoms with Crippen LogP contribution in [0.5, 0.6) is 5.75 Å². The van der Waals surface area contributed by atoms with Crippen LogP contribution in [0, 0.1) is 12.3 Å². The third-order valence-corrected chi connectivity index (χ3v) is 5.26. The SMILES string of the molecule is COCC(C)(CO)NC(=O)c1c(C)oc2ccc(OCC3(C(F)(F)F)CC3)cc12. The van der Waals surface area contributed by atoms with Crippen LogP contribution in [0.15, 0.2) is 22.6 Å². The lowest BCUT2D eigenvalue weighted by Crippen LogP contribution is -2.52. The van der Waals surface area contributed by atoms with Crippen molar-refractivity contribution in [3.63, 3.8) is 0 Å². The number of amides is 1. The summed E-state index contributed by atoms with van der Waals surface area (Å²) in [4.78, 5) is 12.8. The second-order valence-corrected chi connectivity index (χ2v) is 7.86. The predicted molar refractivity (Wildman–Crippen MR) is 99.0 cm³/mol. The highest BCUT2D eigenvalue weighted by Gasteiger charge is 2.63. The van der Waals surface area contributed by atoms with Gasteiger partial charge in [-0.3, -0.25) is 4.79 Å². The number of aliphatic hydroxyl groups is 1. The summed E-state index contributed by atoms with van der Waals surface area (Å²) in [6.45, 7) is 2.54. The minimum absolute atomic E-state index is 0.0520. The number of ether oxygens (including phenoxy) is 2. The number of methoxy groups -OCH3 is 1. The van der Waals surface area contributed by atoms with E-state index in [-0.39, 0.29) is 37.4 Å². The zero-order valence-corrected chi connectivity index (χ0v) is 16.5. The fourth-order valence-corrected chi connectivity index (χ4v) is 3.23. The molecule has 1 aliphatic carbocycles. The first kappa shape index (κ1) is 21.4. The molecule has 160 valence electrons. The van der Waals surface area contributed by atoms with Gasteiger partial charge in [-0.25, -0.2) is 0 Å². The van der Waals surface area contributed by atoms with Crippen molar-refractivity contribution < 1.29 is 37.0 Å². The van der Waals surface area contributed by atoms with Gasteiger partial charge in [-0.2, -0.15) is 13.2 Å². The number of carbonyl (C=O) groups is 1. The number of aryl methyl sites for hydroxylation is 1. The fraction of sp³-hybridized carbons (Fsp3) is 0.550. The van der Waals surface area contributed by atoms with Gasteiger partial charge in [0, 0.05) is 12.5 Å². The molecule has 1 fully saturated rings. The second-order valence-electron chi connectivity index (χ2n) is 7.86. The fourth-order valence-electron chi connectivity index (χ4n) is 3.23. The standard InChI is InChI=1S/C20H24F3NO5/c1-12-16(17(26)24-18(2,9-25)10-27-3)14-8-13(4-5-15(14)29-12)28-11-19(6-7-19)20(21,22)23/h4-5,8,25H,6-7,9-11H2,1-3H3,(H,24,26).